The highest BCUT2D eigenvalue weighted by Gasteiger charge is 2.14. The molecule has 0 unspecified atom stereocenters. The zero-order chi connectivity index (χ0) is 16.9. The average Bonchev–Trinajstić information content (AvgIpc) is 2.93. The standard InChI is InChI=1S/C18H20BClN2O2/c20-15-9-3-2-8-14(15)18-21-16-10-4-5-11-17(16)22(18)13-7-1-6-12-19(23)24/h2-5,8-11,23-24H,1,6-7,12-13H2. The van der Waals surface area contributed by atoms with Crippen molar-refractivity contribution in [3.05, 3.63) is 53.6 Å². The normalized spacial score (nSPS) is 11.1. The van der Waals surface area contributed by atoms with Gasteiger partial charge in [-0.2, -0.15) is 0 Å². The molecule has 2 N–H and O–H groups in total. The maximum absolute atomic E-state index is 8.93. The molecule has 3 aromatic rings. The predicted octanol–water partition coefficient (Wildman–Crippen LogP) is 4.00. The lowest BCUT2D eigenvalue weighted by Gasteiger charge is -2.10. The summed E-state index contributed by atoms with van der Waals surface area (Å²) in [7, 11) is -1.21. The van der Waals surface area contributed by atoms with Crippen LogP contribution < -0.4 is 0 Å². The van der Waals surface area contributed by atoms with Gasteiger partial charge >= 0.3 is 7.12 Å². The molecule has 0 fully saturated rings. The topological polar surface area (TPSA) is 58.3 Å². The van der Waals surface area contributed by atoms with Crippen molar-refractivity contribution >= 4 is 29.8 Å². The maximum atomic E-state index is 8.93. The Morgan fingerprint density at radius 3 is 2.50 bits per heavy atom. The molecule has 0 aliphatic carbocycles. The lowest BCUT2D eigenvalue weighted by Crippen LogP contribution is -2.09. The largest absolute Gasteiger partial charge is 0.451 e. The van der Waals surface area contributed by atoms with Crippen molar-refractivity contribution in [2.24, 2.45) is 0 Å². The highest BCUT2D eigenvalue weighted by Crippen LogP contribution is 2.30. The number of benzene rings is 2. The molecule has 0 spiro atoms. The van der Waals surface area contributed by atoms with Crippen LogP contribution in [0.5, 0.6) is 0 Å². The van der Waals surface area contributed by atoms with Crippen LogP contribution in [0.2, 0.25) is 11.3 Å². The van der Waals surface area contributed by atoms with E-state index in [2.05, 4.69) is 10.6 Å². The summed E-state index contributed by atoms with van der Waals surface area (Å²) in [4.78, 5) is 4.77. The van der Waals surface area contributed by atoms with E-state index in [1.54, 1.807) is 0 Å². The predicted molar refractivity (Wildman–Crippen MR) is 99.0 cm³/mol. The summed E-state index contributed by atoms with van der Waals surface area (Å²) in [5.41, 5.74) is 2.98. The number of nitrogens with zero attached hydrogens (tertiary/aromatic N) is 2. The van der Waals surface area contributed by atoms with Crippen LogP contribution in [0.3, 0.4) is 0 Å². The molecular formula is C18H20BClN2O2. The van der Waals surface area contributed by atoms with Crippen LogP contribution in [0.1, 0.15) is 19.3 Å². The molecule has 2 aromatic carbocycles. The number of hydrogen-bond acceptors (Lipinski definition) is 3. The molecule has 0 bridgehead atoms. The maximum Gasteiger partial charge on any atom is 0.451 e. The van der Waals surface area contributed by atoms with Gasteiger partial charge in [0.1, 0.15) is 5.82 Å². The van der Waals surface area contributed by atoms with Gasteiger partial charge in [-0.05, 0) is 37.0 Å². The Bertz CT molecular complexity index is 820. The molecule has 0 atom stereocenters. The quantitative estimate of drug-likeness (QED) is 0.504. The van der Waals surface area contributed by atoms with Crippen molar-refractivity contribution < 1.29 is 10.0 Å². The SMILES string of the molecule is OB(O)CCCCCn1c(-c2ccccc2Cl)nc2ccccc21. The number of halogens is 1. The van der Waals surface area contributed by atoms with E-state index in [4.69, 9.17) is 26.6 Å². The number of para-hydroxylation sites is 2. The monoisotopic (exact) mass is 342 g/mol. The fourth-order valence-corrected chi connectivity index (χ4v) is 3.14. The Hall–Kier alpha value is -1.82. The van der Waals surface area contributed by atoms with Gasteiger partial charge < -0.3 is 14.6 Å². The second-order valence-electron chi connectivity index (χ2n) is 5.89. The van der Waals surface area contributed by atoms with E-state index in [0.29, 0.717) is 11.3 Å². The number of imidazole rings is 1. The summed E-state index contributed by atoms with van der Waals surface area (Å²) >= 11 is 6.37. The van der Waals surface area contributed by atoms with Crippen molar-refractivity contribution in [2.45, 2.75) is 32.1 Å². The van der Waals surface area contributed by atoms with Crippen LogP contribution in [0.4, 0.5) is 0 Å². The van der Waals surface area contributed by atoms with E-state index in [9.17, 15) is 0 Å². The number of hydrogen-bond donors (Lipinski definition) is 2. The van der Waals surface area contributed by atoms with Gasteiger partial charge in [0.05, 0.1) is 16.1 Å². The van der Waals surface area contributed by atoms with Gasteiger partial charge in [-0.1, -0.05) is 48.7 Å². The van der Waals surface area contributed by atoms with Gasteiger partial charge in [-0.15, -0.1) is 0 Å². The van der Waals surface area contributed by atoms with Gasteiger partial charge in [0.15, 0.2) is 0 Å². The minimum absolute atomic E-state index is 0.419. The summed E-state index contributed by atoms with van der Waals surface area (Å²) in [6, 6.07) is 15.8. The van der Waals surface area contributed by atoms with Crippen LogP contribution in [0.25, 0.3) is 22.4 Å². The smallest absolute Gasteiger partial charge is 0.427 e. The number of fused-ring (bicyclic) bond motifs is 1. The van der Waals surface area contributed by atoms with E-state index >= 15 is 0 Å². The molecule has 3 rings (SSSR count). The molecular weight excluding hydrogens is 322 g/mol. The van der Waals surface area contributed by atoms with Crippen LogP contribution in [0.15, 0.2) is 48.5 Å². The molecule has 124 valence electrons. The number of unbranched alkanes of at least 4 members (excludes halogenated alkanes) is 2. The molecule has 1 aromatic heterocycles. The third-order valence-electron chi connectivity index (χ3n) is 4.11. The number of aryl methyl sites for hydroxylation is 1. The van der Waals surface area contributed by atoms with Crippen LogP contribution >= 0.6 is 11.6 Å². The first-order chi connectivity index (χ1) is 11.7. The fourth-order valence-electron chi connectivity index (χ4n) is 2.92. The van der Waals surface area contributed by atoms with Crippen molar-refractivity contribution in [2.75, 3.05) is 0 Å². The first-order valence-electron chi connectivity index (χ1n) is 8.23. The third-order valence-corrected chi connectivity index (χ3v) is 4.44. The van der Waals surface area contributed by atoms with Gasteiger partial charge in [-0.3, -0.25) is 0 Å². The van der Waals surface area contributed by atoms with Crippen LogP contribution in [-0.2, 0) is 6.54 Å². The lowest BCUT2D eigenvalue weighted by molar-refractivity contribution is 0.401. The number of rotatable bonds is 7. The van der Waals surface area contributed by atoms with Gasteiger partial charge in [0.25, 0.3) is 0 Å². The van der Waals surface area contributed by atoms with E-state index in [-0.39, 0.29) is 0 Å². The first kappa shape index (κ1) is 17.0. The van der Waals surface area contributed by atoms with Crippen molar-refractivity contribution in [3.8, 4) is 11.4 Å². The molecule has 0 saturated carbocycles. The Morgan fingerprint density at radius 2 is 1.71 bits per heavy atom. The van der Waals surface area contributed by atoms with Crippen molar-refractivity contribution in [3.63, 3.8) is 0 Å². The summed E-state index contributed by atoms with van der Waals surface area (Å²) in [5.74, 6) is 0.879. The fraction of sp³-hybridized carbons (Fsp3) is 0.278. The van der Waals surface area contributed by atoms with E-state index in [1.165, 1.54) is 0 Å². The molecule has 6 heteroatoms. The van der Waals surface area contributed by atoms with E-state index in [0.717, 1.165) is 48.2 Å². The Labute approximate surface area is 146 Å². The van der Waals surface area contributed by atoms with Gasteiger partial charge in [0.2, 0.25) is 0 Å². The van der Waals surface area contributed by atoms with Crippen molar-refractivity contribution in [1.82, 2.24) is 9.55 Å². The first-order valence-corrected chi connectivity index (χ1v) is 8.61. The number of aromatic nitrogens is 2. The second-order valence-corrected chi connectivity index (χ2v) is 6.29. The van der Waals surface area contributed by atoms with Gasteiger partial charge in [0, 0.05) is 12.1 Å². The molecule has 0 aliphatic heterocycles. The van der Waals surface area contributed by atoms with E-state index in [1.807, 2.05) is 42.5 Å². The average molecular weight is 343 g/mol. The summed E-state index contributed by atoms with van der Waals surface area (Å²) < 4.78 is 2.20. The second kappa shape index (κ2) is 7.84. The zero-order valence-corrected chi connectivity index (χ0v) is 14.2. The molecule has 24 heavy (non-hydrogen) atoms. The lowest BCUT2D eigenvalue weighted by atomic mass is 9.83. The van der Waals surface area contributed by atoms with E-state index < -0.39 is 7.12 Å². The minimum Gasteiger partial charge on any atom is -0.427 e. The zero-order valence-electron chi connectivity index (χ0n) is 13.4. The van der Waals surface area contributed by atoms with Crippen LogP contribution in [0, 0.1) is 0 Å². The third kappa shape index (κ3) is 3.81. The minimum atomic E-state index is -1.21. The summed E-state index contributed by atoms with van der Waals surface area (Å²) in [6.07, 6.45) is 3.10. The Balaban J connectivity index is 1.87. The summed E-state index contributed by atoms with van der Waals surface area (Å²) in [6.45, 7) is 0.822. The highest BCUT2D eigenvalue weighted by molar-refractivity contribution is 6.40. The Kier molecular flexibility index (Phi) is 5.56. The molecule has 0 saturated heterocycles. The molecule has 0 radical (unpaired) electrons. The van der Waals surface area contributed by atoms with Crippen LogP contribution in [-0.4, -0.2) is 26.7 Å². The summed E-state index contributed by atoms with van der Waals surface area (Å²) in [5, 5.41) is 18.5. The Morgan fingerprint density at radius 1 is 0.958 bits per heavy atom. The molecule has 4 nitrogen and oxygen atoms in total. The highest BCUT2D eigenvalue weighted by atomic mass is 35.5. The van der Waals surface area contributed by atoms with Crippen molar-refractivity contribution in [1.29, 1.82) is 0 Å². The molecule has 0 amide bonds. The molecule has 1 heterocycles. The molecule has 0 aliphatic rings. The van der Waals surface area contributed by atoms with Gasteiger partial charge in [-0.25, -0.2) is 4.98 Å².